The predicted octanol–water partition coefficient (Wildman–Crippen LogP) is 1.55. The van der Waals surface area contributed by atoms with Gasteiger partial charge >= 0.3 is 0 Å². The SMILES string of the molecule is CN(CCC#N)c1ccc(C=O)c(O)c1. The van der Waals surface area contributed by atoms with Crippen LogP contribution in [-0.2, 0) is 0 Å². The third-order valence-electron chi connectivity index (χ3n) is 2.14. The summed E-state index contributed by atoms with van der Waals surface area (Å²) in [4.78, 5) is 12.3. The van der Waals surface area contributed by atoms with Crippen molar-refractivity contribution in [3.8, 4) is 11.8 Å². The highest BCUT2D eigenvalue weighted by molar-refractivity contribution is 5.80. The number of carbonyl (C=O) groups excluding carboxylic acids is 1. The van der Waals surface area contributed by atoms with E-state index in [-0.39, 0.29) is 11.3 Å². The average Bonchev–Trinajstić information content (AvgIpc) is 2.25. The molecule has 0 aliphatic carbocycles. The molecule has 1 N–H and O–H groups in total. The number of aromatic hydroxyl groups is 1. The van der Waals surface area contributed by atoms with Crippen LogP contribution in [0.25, 0.3) is 0 Å². The second kappa shape index (κ2) is 5.01. The van der Waals surface area contributed by atoms with E-state index in [1.54, 1.807) is 12.1 Å². The molecule has 0 amide bonds. The molecule has 15 heavy (non-hydrogen) atoms. The normalized spacial score (nSPS) is 9.33. The summed E-state index contributed by atoms with van der Waals surface area (Å²) in [6, 6.07) is 6.85. The quantitative estimate of drug-likeness (QED) is 0.756. The molecule has 0 unspecified atom stereocenters. The topological polar surface area (TPSA) is 64.3 Å². The second-order valence-corrected chi connectivity index (χ2v) is 3.19. The van der Waals surface area contributed by atoms with Crippen molar-refractivity contribution < 1.29 is 9.90 Å². The molecule has 0 aliphatic rings. The molecular weight excluding hydrogens is 192 g/mol. The van der Waals surface area contributed by atoms with Crippen LogP contribution in [-0.4, -0.2) is 25.0 Å². The van der Waals surface area contributed by atoms with Crippen LogP contribution in [0.15, 0.2) is 18.2 Å². The van der Waals surface area contributed by atoms with E-state index in [1.165, 1.54) is 6.07 Å². The molecule has 0 spiro atoms. The van der Waals surface area contributed by atoms with Crippen molar-refractivity contribution >= 4 is 12.0 Å². The van der Waals surface area contributed by atoms with Gasteiger partial charge in [0.05, 0.1) is 18.1 Å². The van der Waals surface area contributed by atoms with Gasteiger partial charge in [0.15, 0.2) is 6.29 Å². The Balaban J connectivity index is 2.83. The van der Waals surface area contributed by atoms with Gasteiger partial charge in [-0.25, -0.2) is 0 Å². The van der Waals surface area contributed by atoms with Crippen LogP contribution in [0.1, 0.15) is 16.8 Å². The molecule has 4 nitrogen and oxygen atoms in total. The van der Waals surface area contributed by atoms with Crippen LogP contribution >= 0.6 is 0 Å². The standard InChI is InChI=1S/C11H12N2O2/c1-13(6-2-5-12)10-4-3-9(8-14)11(15)7-10/h3-4,7-8,15H,2,6H2,1H3. The number of nitriles is 1. The van der Waals surface area contributed by atoms with E-state index in [0.29, 0.717) is 19.3 Å². The number of rotatable bonds is 4. The van der Waals surface area contributed by atoms with Crippen LogP contribution in [0.3, 0.4) is 0 Å². The maximum Gasteiger partial charge on any atom is 0.153 e. The number of phenols is 1. The Morgan fingerprint density at radius 3 is 2.87 bits per heavy atom. The fourth-order valence-electron chi connectivity index (χ4n) is 1.22. The molecule has 0 fully saturated rings. The first-order chi connectivity index (χ1) is 7.19. The Kier molecular flexibility index (Phi) is 3.69. The lowest BCUT2D eigenvalue weighted by molar-refractivity contribution is 0.112. The summed E-state index contributed by atoms with van der Waals surface area (Å²) in [6.45, 7) is 0.594. The van der Waals surface area contributed by atoms with E-state index in [2.05, 4.69) is 0 Å². The van der Waals surface area contributed by atoms with Gasteiger partial charge in [-0.1, -0.05) is 0 Å². The highest BCUT2D eigenvalue weighted by atomic mass is 16.3. The zero-order valence-corrected chi connectivity index (χ0v) is 8.47. The molecule has 0 heterocycles. The van der Waals surface area contributed by atoms with Gasteiger partial charge in [-0.3, -0.25) is 4.79 Å². The van der Waals surface area contributed by atoms with Crippen LogP contribution in [0.5, 0.6) is 5.75 Å². The van der Waals surface area contributed by atoms with Gasteiger partial charge < -0.3 is 10.0 Å². The van der Waals surface area contributed by atoms with Crippen molar-refractivity contribution in [2.75, 3.05) is 18.5 Å². The molecule has 1 rings (SSSR count). The van der Waals surface area contributed by atoms with Crippen molar-refractivity contribution in [3.05, 3.63) is 23.8 Å². The number of phenolic OH excluding ortho intramolecular Hbond substituents is 1. The summed E-state index contributed by atoms with van der Waals surface area (Å²) in [5.74, 6) is -0.0358. The minimum Gasteiger partial charge on any atom is -0.507 e. The number of carbonyl (C=O) groups is 1. The Bertz CT molecular complexity index is 396. The van der Waals surface area contributed by atoms with E-state index in [0.717, 1.165) is 5.69 Å². The molecule has 0 aromatic heterocycles. The summed E-state index contributed by atoms with van der Waals surface area (Å²) in [5, 5.41) is 17.9. The molecule has 0 radical (unpaired) electrons. The predicted molar refractivity (Wildman–Crippen MR) is 57.0 cm³/mol. The first kappa shape index (κ1) is 11.1. The van der Waals surface area contributed by atoms with E-state index in [1.807, 2.05) is 18.0 Å². The third kappa shape index (κ3) is 2.71. The third-order valence-corrected chi connectivity index (χ3v) is 2.14. The highest BCUT2D eigenvalue weighted by Gasteiger charge is 2.04. The van der Waals surface area contributed by atoms with Crippen molar-refractivity contribution in [1.29, 1.82) is 5.26 Å². The van der Waals surface area contributed by atoms with Crippen LogP contribution in [0.2, 0.25) is 0 Å². The number of hydrogen-bond acceptors (Lipinski definition) is 4. The van der Waals surface area contributed by atoms with Gasteiger partial charge in [0.2, 0.25) is 0 Å². The van der Waals surface area contributed by atoms with Crippen molar-refractivity contribution in [1.82, 2.24) is 0 Å². The Hall–Kier alpha value is -2.02. The number of hydrogen-bond donors (Lipinski definition) is 1. The molecule has 1 aromatic carbocycles. The fourth-order valence-corrected chi connectivity index (χ4v) is 1.22. The van der Waals surface area contributed by atoms with E-state index >= 15 is 0 Å². The summed E-state index contributed by atoms with van der Waals surface area (Å²) in [7, 11) is 1.83. The molecule has 0 saturated heterocycles. The molecule has 1 aromatic rings. The lowest BCUT2D eigenvalue weighted by atomic mass is 10.2. The fraction of sp³-hybridized carbons (Fsp3) is 0.273. The van der Waals surface area contributed by atoms with Crippen molar-refractivity contribution in [2.24, 2.45) is 0 Å². The van der Waals surface area contributed by atoms with Crippen molar-refractivity contribution in [3.63, 3.8) is 0 Å². The maximum absolute atomic E-state index is 10.5. The van der Waals surface area contributed by atoms with Gasteiger partial charge in [-0.05, 0) is 12.1 Å². The van der Waals surface area contributed by atoms with Crippen LogP contribution in [0, 0.1) is 11.3 Å². The molecule has 4 heteroatoms. The molecule has 0 bridgehead atoms. The zero-order chi connectivity index (χ0) is 11.3. The van der Waals surface area contributed by atoms with Crippen molar-refractivity contribution in [2.45, 2.75) is 6.42 Å². The average molecular weight is 204 g/mol. The van der Waals surface area contributed by atoms with E-state index in [4.69, 9.17) is 5.26 Å². The Morgan fingerprint density at radius 1 is 1.60 bits per heavy atom. The molecule has 78 valence electrons. The number of aldehydes is 1. The van der Waals surface area contributed by atoms with Gasteiger partial charge in [0, 0.05) is 25.3 Å². The Labute approximate surface area is 88.4 Å². The van der Waals surface area contributed by atoms with Crippen LogP contribution in [0.4, 0.5) is 5.69 Å². The van der Waals surface area contributed by atoms with E-state index < -0.39 is 0 Å². The largest absolute Gasteiger partial charge is 0.507 e. The zero-order valence-electron chi connectivity index (χ0n) is 8.47. The first-order valence-electron chi connectivity index (χ1n) is 4.55. The monoisotopic (exact) mass is 204 g/mol. The summed E-state index contributed by atoms with van der Waals surface area (Å²) < 4.78 is 0. The summed E-state index contributed by atoms with van der Waals surface area (Å²) in [5.41, 5.74) is 1.06. The molecule has 0 atom stereocenters. The number of anilines is 1. The van der Waals surface area contributed by atoms with Gasteiger partial charge in [-0.15, -0.1) is 0 Å². The number of nitrogens with zero attached hydrogens (tertiary/aromatic N) is 2. The van der Waals surface area contributed by atoms with E-state index in [9.17, 15) is 9.90 Å². The summed E-state index contributed by atoms with van der Waals surface area (Å²) in [6.07, 6.45) is 1.03. The molecule has 0 saturated carbocycles. The lowest BCUT2D eigenvalue weighted by Gasteiger charge is -2.17. The van der Waals surface area contributed by atoms with Crippen LogP contribution < -0.4 is 4.90 Å². The molecule has 0 aliphatic heterocycles. The van der Waals surface area contributed by atoms with Gasteiger partial charge in [-0.2, -0.15) is 5.26 Å². The minimum absolute atomic E-state index is 0.0358. The minimum atomic E-state index is -0.0358. The van der Waals surface area contributed by atoms with Gasteiger partial charge in [0.25, 0.3) is 0 Å². The lowest BCUT2D eigenvalue weighted by Crippen LogP contribution is -2.17. The van der Waals surface area contributed by atoms with Gasteiger partial charge in [0.1, 0.15) is 5.75 Å². The number of benzene rings is 1. The Morgan fingerprint density at radius 2 is 2.33 bits per heavy atom. The molecular formula is C11H12N2O2. The first-order valence-corrected chi connectivity index (χ1v) is 4.55. The smallest absolute Gasteiger partial charge is 0.153 e. The second-order valence-electron chi connectivity index (χ2n) is 3.19. The highest BCUT2D eigenvalue weighted by Crippen LogP contribution is 2.22. The summed E-state index contributed by atoms with van der Waals surface area (Å²) >= 11 is 0. The maximum atomic E-state index is 10.5.